The molecule has 2 aliphatic rings. The third-order valence-electron chi connectivity index (χ3n) is 8.75. The number of nitrogens with zero attached hydrogens (tertiary/aromatic N) is 6. The summed E-state index contributed by atoms with van der Waals surface area (Å²) in [6.45, 7) is 5.17. The molecule has 4 aromatic rings. The number of hydrogen-bond acceptors (Lipinski definition) is 9. The number of pyridine rings is 1. The van der Waals surface area contributed by atoms with Gasteiger partial charge in [-0.1, -0.05) is 6.92 Å². The van der Waals surface area contributed by atoms with E-state index in [1.54, 1.807) is 24.4 Å². The average molecular weight is 629 g/mol. The highest BCUT2D eigenvalue weighted by Crippen LogP contribution is 2.36. The molecular weight excluding hydrogens is 584 g/mol. The zero-order valence-corrected chi connectivity index (χ0v) is 26.8. The summed E-state index contributed by atoms with van der Waals surface area (Å²) in [5.41, 5.74) is 14.2. The van der Waals surface area contributed by atoms with Gasteiger partial charge in [0.25, 0.3) is 6.47 Å². The van der Waals surface area contributed by atoms with Crippen LogP contribution in [0.25, 0.3) is 16.6 Å². The van der Waals surface area contributed by atoms with Crippen molar-refractivity contribution in [3.05, 3.63) is 66.2 Å². The normalized spacial score (nSPS) is 18.7. The smallest absolute Gasteiger partial charge is 0.290 e. The van der Waals surface area contributed by atoms with Crippen LogP contribution in [0.1, 0.15) is 43.7 Å². The van der Waals surface area contributed by atoms with Gasteiger partial charge in [0.15, 0.2) is 0 Å². The van der Waals surface area contributed by atoms with Gasteiger partial charge in [-0.05, 0) is 82.1 Å². The first-order chi connectivity index (χ1) is 22.3. The Labute approximate surface area is 269 Å². The van der Waals surface area contributed by atoms with Crippen LogP contribution in [0.5, 0.6) is 5.75 Å². The highest BCUT2D eigenvalue weighted by molar-refractivity contribution is 6.06. The molecule has 0 saturated carbocycles. The summed E-state index contributed by atoms with van der Waals surface area (Å²) in [4.78, 5) is 22.5. The first kappa shape index (κ1) is 32.7. The minimum absolute atomic E-state index is 0.159. The van der Waals surface area contributed by atoms with E-state index >= 15 is 0 Å². The number of carbonyl (C=O) groups is 1. The van der Waals surface area contributed by atoms with Gasteiger partial charge < -0.3 is 35.8 Å². The van der Waals surface area contributed by atoms with Gasteiger partial charge >= 0.3 is 0 Å². The van der Waals surface area contributed by atoms with Gasteiger partial charge in [0.2, 0.25) is 0 Å². The van der Waals surface area contributed by atoms with Crippen LogP contribution in [0, 0.1) is 0 Å². The first-order valence-electron chi connectivity index (χ1n) is 15.8. The van der Waals surface area contributed by atoms with Gasteiger partial charge in [-0.15, -0.1) is 0 Å². The van der Waals surface area contributed by atoms with E-state index in [1.165, 1.54) is 12.1 Å². The molecule has 0 spiro atoms. The first-order valence-corrected chi connectivity index (χ1v) is 15.8. The highest BCUT2D eigenvalue weighted by Gasteiger charge is 2.24. The predicted molar refractivity (Wildman–Crippen MR) is 181 cm³/mol. The molecule has 0 radical (unpaired) electrons. The van der Waals surface area contributed by atoms with Gasteiger partial charge in [0.05, 0.1) is 41.3 Å². The molecule has 0 amide bonds. The number of nitrogens with two attached hydrogens (primary N) is 1. The minimum atomic E-state index is -0.250. The van der Waals surface area contributed by atoms with E-state index in [0.717, 1.165) is 84.5 Å². The van der Waals surface area contributed by atoms with Gasteiger partial charge in [0.1, 0.15) is 11.6 Å². The molecule has 46 heavy (non-hydrogen) atoms. The topological polar surface area (TPSA) is 154 Å². The van der Waals surface area contributed by atoms with Gasteiger partial charge in [-0.3, -0.25) is 9.78 Å². The van der Waals surface area contributed by atoms with Crippen molar-refractivity contribution >= 4 is 34.9 Å². The minimum Gasteiger partial charge on any atom is -0.508 e. The maximum atomic E-state index is 9.96. The zero-order valence-electron chi connectivity index (χ0n) is 26.8. The second-order valence-corrected chi connectivity index (χ2v) is 11.9. The molecule has 5 heterocycles. The number of phenolic OH excluding ortho intramolecular Hbond substituents is 1. The Hall–Kier alpha value is -4.68. The Balaban J connectivity index is 0.00000134. The second-order valence-electron chi connectivity index (χ2n) is 11.9. The van der Waals surface area contributed by atoms with E-state index in [4.69, 9.17) is 30.5 Å². The van der Waals surface area contributed by atoms with Crippen molar-refractivity contribution in [3.63, 3.8) is 0 Å². The lowest BCUT2D eigenvalue weighted by Gasteiger charge is -2.26. The van der Waals surface area contributed by atoms with Crippen molar-refractivity contribution in [2.75, 3.05) is 50.6 Å². The fourth-order valence-electron chi connectivity index (χ4n) is 6.28. The molecule has 2 fully saturated rings. The Morgan fingerprint density at radius 1 is 1.20 bits per heavy atom. The monoisotopic (exact) mass is 628 g/mol. The summed E-state index contributed by atoms with van der Waals surface area (Å²) in [7, 11) is 4.36. The summed E-state index contributed by atoms with van der Waals surface area (Å²) in [6, 6.07) is 10.2. The molecule has 244 valence electrons. The quantitative estimate of drug-likeness (QED) is 0.124. The van der Waals surface area contributed by atoms with Crippen LogP contribution in [-0.4, -0.2) is 94.5 Å². The Kier molecular flexibility index (Phi) is 10.7. The van der Waals surface area contributed by atoms with E-state index in [0.29, 0.717) is 18.5 Å². The molecule has 2 saturated heterocycles. The summed E-state index contributed by atoms with van der Waals surface area (Å²) >= 11 is 0. The van der Waals surface area contributed by atoms with Crippen molar-refractivity contribution in [1.82, 2.24) is 19.5 Å². The summed E-state index contributed by atoms with van der Waals surface area (Å²) in [5, 5.41) is 25.3. The third kappa shape index (κ3) is 7.40. The lowest BCUT2D eigenvalue weighted by Crippen LogP contribution is -2.30. The molecule has 1 unspecified atom stereocenters. The van der Waals surface area contributed by atoms with Crippen molar-refractivity contribution in [3.8, 4) is 16.9 Å². The number of benzene rings is 1. The lowest BCUT2D eigenvalue weighted by atomic mass is 10.1. The summed E-state index contributed by atoms with van der Waals surface area (Å²) < 4.78 is 7.59. The number of aromatic nitrogens is 3. The number of nitrogens with one attached hydrogen (secondary N) is 1. The molecule has 2 atom stereocenters. The fourth-order valence-corrected chi connectivity index (χ4v) is 6.28. The van der Waals surface area contributed by atoms with Crippen LogP contribution >= 0.6 is 0 Å². The van der Waals surface area contributed by atoms with Crippen molar-refractivity contribution < 1.29 is 19.7 Å². The van der Waals surface area contributed by atoms with E-state index in [2.05, 4.69) is 52.5 Å². The van der Waals surface area contributed by atoms with Crippen LogP contribution in [0.4, 0.5) is 17.1 Å². The SMILES string of the molecule is CCc1cc(O)ccc1N=C(N)c1cnn2cc(-c3cnccc3N3CCCC(N(C)C)CC3)cc2c1N[C@@H]1CCOC1.O=CO. The van der Waals surface area contributed by atoms with Crippen LogP contribution in [0.2, 0.25) is 0 Å². The maximum Gasteiger partial charge on any atom is 0.290 e. The number of hydrogen-bond donors (Lipinski definition) is 4. The van der Waals surface area contributed by atoms with E-state index < -0.39 is 0 Å². The van der Waals surface area contributed by atoms with Crippen LogP contribution in [0.3, 0.4) is 0 Å². The maximum absolute atomic E-state index is 9.96. The number of aromatic hydroxyl groups is 1. The Bertz CT molecular complexity index is 1660. The number of aryl methyl sites for hydroxylation is 1. The largest absolute Gasteiger partial charge is 0.508 e. The molecule has 3 aromatic heterocycles. The highest BCUT2D eigenvalue weighted by atomic mass is 16.5. The number of ether oxygens (including phenoxy) is 1. The van der Waals surface area contributed by atoms with Gasteiger partial charge in [0, 0.05) is 61.1 Å². The lowest BCUT2D eigenvalue weighted by molar-refractivity contribution is -0.122. The number of amidine groups is 1. The van der Waals surface area contributed by atoms with Crippen molar-refractivity contribution in [1.29, 1.82) is 0 Å². The number of fused-ring (bicyclic) bond motifs is 1. The molecule has 1 aromatic carbocycles. The van der Waals surface area contributed by atoms with Crippen molar-refractivity contribution in [2.45, 2.75) is 51.1 Å². The van der Waals surface area contributed by atoms with Crippen LogP contribution in [-0.2, 0) is 16.0 Å². The number of carboxylic acid groups (broad SMARTS) is 1. The molecule has 12 nitrogen and oxygen atoms in total. The number of anilines is 2. The molecule has 12 heteroatoms. The zero-order chi connectivity index (χ0) is 32.6. The van der Waals surface area contributed by atoms with E-state index in [1.807, 2.05) is 23.8 Å². The Morgan fingerprint density at radius 3 is 2.76 bits per heavy atom. The summed E-state index contributed by atoms with van der Waals surface area (Å²) in [5.74, 6) is 0.580. The molecule has 2 aliphatic heterocycles. The number of phenols is 1. The molecule has 6 rings (SSSR count). The third-order valence-corrected chi connectivity index (χ3v) is 8.75. The predicted octanol–water partition coefficient (Wildman–Crippen LogP) is 4.52. The second kappa shape index (κ2) is 15.1. The molecule has 5 N–H and O–H groups in total. The Morgan fingerprint density at radius 2 is 2.02 bits per heavy atom. The summed E-state index contributed by atoms with van der Waals surface area (Å²) in [6.07, 6.45) is 12.8. The van der Waals surface area contributed by atoms with Gasteiger partial charge in [-0.2, -0.15) is 5.10 Å². The van der Waals surface area contributed by atoms with Crippen LogP contribution in [0.15, 0.2) is 60.1 Å². The number of aliphatic imine (C=N–C) groups is 1. The average Bonchev–Trinajstić information content (AvgIpc) is 3.66. The number of rotatable bonds is 8. The molecule has 0 bridgehead atoms. The van der Waals surface area contributed by atoms with Crippen molar-refractivity contribution in [2.24, 2.45) is 10.7 Å². The van der Waals surface area contributed by atoms with E-state index in [9.17, 15) is 5.11 Å². The van der Waals surface area contributed by atoms with E-state index in [-0.39, 0.29) is 18.3 Å². The molecular formula is C34H44N8O4. The standard InChI is InChI=1S/C33H42N8O2.CH2O2/c1-4-22-16-26(42)7-8-29(22)38-33(34)28-19-36-41-20-23(17-31(41)32(28)37-24-11-15-43-21-24)27-18-35-12-9-30(27)40-13-5-6-25(10-14-40)39(2)3;2-1-3/h7-9,12,16-20,24-25,37,42H,4-6,10-11,13-15,21H2,1-3H3,(H2,34,38);1H,(H,2,3)/t24-,25?;/m1./s1. The molecule has 0 aliphatic carbocycles. The van der Waals surface area contributed by atoms with Gasteiger partial charge in [-0.25, -0.2) is 9.51 Å². The van der Waals surface area contributed by atoms with Crippen LogP contribution < -0.4 is 16.0 Å². The fraction of sp³-hybridized carbons (Fsp3) is 0.412.